The van der Waals surface area contributed by atoms with E-state index in [1.807, 2.05) is 24.3 Å². The number of nitrogens with two attached hydrogens (primary N) is 1. The first-order valence-electron chi connectivity index (χ1n) is 6.95. The number of phenolic OH excluding ortho intramolecular Hbond substituents is 2. The van der Waals surface area contributed by atoms with Crippen LogP contribution < -0.4 is 5.73 Å². The molecule has 0 spiro atoms. The molecule has 8 heteroatoms. The maximum Gasteiger partial charge on any atom is 0.328 e. The van der Waals surface area contributed by atoms with Crippen molar-refractivity contribution in [2.24, 2.45) is 5.73 Å². The van der Waals surface area contributed by atoms with Crippen LogP contribution in [0.4, 0.5) is 0 Å². The summed E-state index contributed by atoms with van der Waals surface area (Å²) in [5.41, 5.74) is 6.66. The molecule has 7 nitrogen and oxygen atoms in total. The van der Waals surface area contributed by atoms with Crippen LogP contribution in [0.15, 0.2) is 64.4 Å². The summed E-state index contributed by atoms with van der Waals surface area (Å²) in [5.74, 6) is -2.23. The van der Waals surface area contributed by atoms with Crippen molar-refractivity contribution in [2.45, 2.75) is 16.3 Å². The first-order valence-corrected chi connectivity index (χ1v) is 7.77. The van der Waals surface area contributed by atoms with Crippen molar-refractivity contribution in [1.29, 1.82) is 0 Å². The normalized spacial score (nSPS) is 10.1. The van der Waals surface area contributed by atoms with Crippen LogP contribution in [0.1, 0.15) is 5.56 Å². The molecule has 0 radical (unpaired) electrons. The minimum Gasteiger partial charge on any atom is -0.508 e. The van der Waals surface area contributed by atoms with Gasteiger partial charge in [-0.3, -0.25) is 0 Å². The molecule has 2 rings (SSSR count). The molecule has 0 atom stereocenters. The average molecular weight is 363 g/mol. The Balaban J connectivity index is 0.000000333. The van der Waals surface area contributed by atoms with E-state index in [9.17, 15) is 19.8 Å². The fourth-order valence-electron chi connectivity index (χ4n) is 1.62. The van der Waals surface area contributed by atoms with Crippen LogP contribution in [0.3, 0.4) is 0 Å². The minimum atomic E-state index is -1.26. The summed E-state index contributed by atoms with van der Waals surface area (Å²) >= 11 is 1.39. The monoisotopic (exact) mass is 363 g/mol. The molecule has 0 saturated heterocycles. The van der Waals surface area contributed by atoms with Gasteiger partial charge in [0.25, 0.3) is 0 Å². The van der Waals surface area contributed by atoms with Crippen LogP contribution in [0, 0.1) is 0 Å². The average Bonchev–Trinajstić information content (AvgIpc) is 2.57. The number of aromatic hydroxyl groups is 2. The zero-order valence-electron chi connectivity index (χ0n) is 13.0. The summed E-state index contributed by atoms with van der Waals surface area (Å²) in [6, 6.07) is 12.2. The number of hydrogen-bond donors (Lipinski definition) is 5. The quantitative estimate of drug-likeness (QED) is 0.403. The molecule has 0 amide bonds. The van der Waals surface area contributed by atoms with Crippen LogP contribution in [-0.4, -0.2) is 32.4 Å². The molecule has 0 fully saturated rings. The predicted molar refractivity (Wildman–Crippen MR) is 92.6 cm³/mol. The summed E-state index contributed by atoms with van der Waals surface area (Å²) in [5, 5.41) is 34.7. The van der Waals surface area contributed by atoms with Gasteiger partial charge in [-0.1, -0.05) is 30.0 Å². The third kappa shape index (κ3) is 7.42. The van der Waals surface area contributed by atoms with Crippen LogP contribution in [-0.2, 0) is 16.1 Å². The Kier molecular flexibility index (Phi) is 8.04. The SMILES string of the molecule is NCc1ccccc1Sc1cc(O)ccc1O.O=C(O)/C=C/C(=O)O. The zero-order valence-corrected chi connectivity index (χ0v) is 13.8. The van der Waals surface area contributed by atoms with E-state index in [1.54, 1.807) is 0 Å². The van der Waals surface area contributed by atoms with Gasteiger partial charge in [0.15, 0.2) is 0 Å². The predicted octanol–water partition coefficient (Wildman–Crippen LogP) is 2.42. The molecule has 0 aliphatic rings. The maximum absolute atomic E-state index is 9.70. The molecule has 25 heavy (non-hydrogen) atoms. The van der Waals surface area contributed by atoms with E-state index in [0.29, 0.717) is 23.6 Å². The maximum atomic E-state index is 9.70. The molecular formula is C17H17NO6S. The number of rotatable bonds is 5. The summed E-state index contributed by atoms with van der Waals surface area (Å²) in [6.07, 6.45) is 1.12. The first kappa shape index (κ1) is 20.1. The van der Waals surface area contributed by atoms with E-state index in [1.165, 1.54) is 30.0 Å². The van der Waals surface area contributed by atoms with E-state index >= 15 is 0 Å². The lowest BCUT2D eigenvalue weighted by atomic mass is 10.2. The lowest BCUT2D eigenvalue weighted by Crippen LogP contribution is -1.97. The Morgan fingerprint density at radius 1 is 0.960 bits per heavy atom. The second-order valence-electron chi connectivity index (χ2n) is 4.58. The van der Waals surface area contributed by atoms with E-state index in [0.717, 1.165) is 10.5 Å². The smallest absolute Gasteiger partial charge is 0.328 e. The van der Waals surface area contributed by atoms with Gasteiger partial charge in [0.2, 0.25) is 0 Å². The molecule has 0 aliphatic heterocycles. The van der Waals surface area contributed by atoms with Crippen LogP contribution in [0.5, 0.6) is 11.5 Å². The number of carboxylic acids is 2. The summed E-state index contributed by atoms with van der Waals surface area (Å²) < 4.78 is 0. The van der Waals surface area contributed by atoms with E-state index in [-0.39, 0.29) is 11.5 Å². The standard InChI is InChI=1S/C13H13NO2S.C4H4O4/c14-8-9-3-1-2-4-12(9)17-13-7-10(15)5-6-11(13)16;5-3(6)1-2-4(7)8/h1-7,15-16H,8,14H2;1-2H,(H,5,6)(H,7,8)/b;2-1+. The summed E-state index contributed by atoms with van der Waals surface area (Å²) in [4.78, 5) is 20.7. The lowest BCUT2D eigenvalue weighted by molar-refractivity contribution is -0.134. The van der Waals surface area contributed by atoms with Gasteiger partial charge in [-0.05, 0) is 29.8 Å². The van der Waals surface area contributed by atoms with Crippen molar-refractivity contribution >= 4 is 23.7 Å². The van der Waals surface area contributed by atoms with Gasteiger partial charge in [0.05, 0.1) is 4.90 Å². The molecule has 2 aromatic rings. The number of hydrogen-bond acceptors (Lipinski definition) is 6. The van der Waals surface area contributed by atoms with Gasteiger partial charge in [0, 0.05) is 23.6 Å². The Bertz CT molecular complexity index is 759. The van der Waals surface area contributed by atoms with Gasteiger partial charge in [-0.2, -0.15) is 0 Å². The van der Waals surface area contributed by atoms with E-state index in [4.69, 9.17) is 15.9 Å². The Hall–Kier alpha value is -2.97. The fraction of sp³-hybridized carbons (Fsp3) is 0.0588. The summed E-state index contributed by atoms with van der Waals surface area (Å²) in [6.45, 7) is 0.447. The zero-order chi connectivity index (χ0) is 18.8. The van der Waals surface area contributed by atoms with Crippen LogP contribution in [0.25, 0.3) is 0 Å². The molecule has 6 N–H and O–H groups in total. The van der Waals surface area contributed by atoms with Gasteiger partial charge >= 0.3 is 11.9 Å². The van der Waals surface area contributed by atoms with Crippen molar-refractivity contribution in [3.63, 3.8) is 0 Å². The molecule has 132 valence electrons. The van der Waals surface area contributed by atoms with Gasteiger partial charge < -0.3 is 26.2 Å². The number of aliphatic carboxylic acids is 2. The highest BCUT2D eigenvalue weighted by Gasteiger charge is 2.07. The van der Waals surface area contributed by atoms with Crippen LogP contribution in [0.2, 0.25) is 0 Å². The van der Waals surface area contributed by atoms with E-state index in [2.05, 4.69) is 0 Å². The molecule has 0 bridgehead atoms. The second kappa shape index (κ2) is 10.0. The second-order valence-corrected chi connectivity index (χ2v) is 5.66. The van der Waals surface area contributed by atoms with Gasteiger partial charge in [0.1, 0.15) is 11.5 Å². The highest BCUT2D eigenvalue weighted by atomic mass is 32.2. The Morgan fingerprint density at radius 3 is 2.12 bits per heavy atom. The molecule has 0 unspecified atom stereocenters. The summed E-state index contributed by atoms with van der Waals surface area (Å²) in [7, 11) is 0. The molecule has 0 aromatic heterocycles. The number of carboxylic acid groups (broad SMARTS) is 2. The minimum absolute atomic E-state index is 0.135. The fourth-order valence-corrected chi connectivity index (χ4v) is 2.64. The number of benzene rings is 2. The van der Waals surface area contributed by atoms with Crippen molar-refractivity contribution in [2.75, 3.05) is 0 Å². The van der Waals surface area contributed by atoms with Crippen molar-refractivity contribution in [3.05, 3.63) is 60.2 Å². The first-order chi connectivity index (χ1) is 11.8. The molecule has 0 aliphatic carbocycles. The number of carbonyl (C=O) groups is 2. The topological polar surface area (TPSA) is 141 Å². The lowest BCUT2D eigenvalue weighted by Gasteiger charge is -2.08. The van der Waals surface area contributed by atoms with Gasteiger partial charge in [-0.25, -0.2) is 9.59 Å². The largest absolute Gasteiger partial charge is 0.508 e. The number of phenols is 2. The highest BCUT2D eigenvalue weighted by molar-refractivity contribution is 7.99. The van der Waals surface area contributed by atoms with E-state index < -0.39 is 11.9 Å². The van der Waals surface area contributed by atoms with Crippen molar-refractivity contribution in [3.8, 4) is 11.5 Å². The third-order valence-electron chi connectivity index (χ3n) is 2.72. The van der Waals surface area contributed by atoms with Crippen molar-refractivity contribution in [1.82, 2.24) is 0 Å². The molecule has 0 saturated carbocycles. The third-order valence-corrected chi connectivity index (χ3v) is 3.89. The molecule has 2 aromatic carbocycles. The Labute approximate surface area is 148 Å². The van der Waals surface area contributed by atoms with Gasteiger partial charge in [-0.15, -0.1) is 0 Å². The molecule has 0 heterocycles. The molecular weight excluding hydrogens is 346 g/mol. The Morgan fingerprint density at radius 2 is 1.56 bits per heavy atom. The van der Waals surface area contributed by atoms with Crippen molar-refractivity contribution < 1.29 is 30.0 Å². The highest BCUT2D eigenvalue weighted by Crippen LogP contribution is 2.37. The van der Waals surface area contributed by atoms with Crippen LogP contribution >= 0.6 is 11.8 Å².